The number of amides is 1. The molecule has 0 bridgehead atoms. The molecule has 0 saturated heterocycles. The Bertz CT molecular complexity index is 1280. The number of fused-ring (bicyclic) bond motifs is 1. The molecular weight excluding hydrogens is 436 g/mol. The highest BCUT2D eigenvalue weighted by Crippen LogP contribution is 2.38. The van der Waals surface area contributed by atoms with Gasteiger partial charge < -0.3 is 10.1 Å². The van der Waals surface area contributed by atoms with Crippen molar-refractivity contribution in [2.24, 2.45) is 0 Å². The Morgan fingerprint density at radius 1 is 1.19 bits per heavy atom. The zero-order valence-corrected chi connectivity index (χ0v) is 19.6. The molecule has 2 heterocycles. The SMILES string of the molecule is CCOC(=O)c1sc2nc(C)cc(C)c2c1NC(=O)c1cccc(S(=O)(=O)C(C)C)c1. The van der Waals surface area contributed by atoms with E-state index < -0.39 is 27.0 Å². The summed E-state index contributed by atoms with van der Waals surface area (Å²) >= 11 is 1.15. The second kappa shape index (κ2) is 8.76. The van der Waals surface area contributed by atoms with E-state index in [-0.39, 0.29) is 21.9 Å². The number of carbonyl (C=O) groups excluding carboxylic acids is 2. The largest absolute Gasteiger partial charge is 0.462 e. The van der Waals surface area contributed by atoms with Crippen molar-refractivity contribution >= 4 is 49.0 Å². The van der Waals surface area contributed by atoms with Gasteiger partial charge in [-0.1, -0.05) is 6.07 Å². The summed E-state index contributed by atoms with van der Waals surface area (Å²) in [4.78, 5) is 31.0. The second-order valence-electron chi connectivity index (χ2n) is 7.36. The number of hydrogen-bond donors (Lipinski definition) is 1. The number of ether oxygens (including phenoxy) is 1. The van der Waals surface area contributed by atoms with Gasteiger partial charge in [0.05, 0.1) is 22.4 Å². The Morgan fingerprint density at radius 2 is 1.90 bits per heavy atom. The predicted molar refractivity (Wildman–Crippen MR) is 122 cm³/mol. The van der Waals surface area contributed by atoms with Crippen molar-refractivity contribution in [1.29, 1.82) is 0 Å². The molecule has 1 amide bonds. The topological polar surface area (TPSA) is 102 Å². The third-order valence-corrected chi connectivity index (χ3v) is 7.95. The number of sulfone groups is 1. The van der Waals surface area contributed by atoms with Crippen molar-refractivity contribution in [1.82, 2.24) is 4.98 Å². The van der Waals surface area contributed by atoms with E-state index in [1.807, 2.05) is 19.9 Å². The van der Waals surface area contributed by atoms with Crippen LogP contribution in [-0.4, -0.2) is 37.1 Å². The fourth-order valence-corrected chi connectivity index (χ4v) is 5.42. The quantitative estimate of drug-likeness (QED) is 0.543. The van der Waals surface area contributed by atoms with Gasteiger partial charge >= 0.3 is 5.97 Å². The maximum atomic E-state index is 13.0. The van der Waals surface area contributed by atoms with Crippen molar-refractivity contribution in [2.75, 3.05) is 11.9 Å². The molecule has 0 aliphatic rings. The zero-order chi connectivity index (χ0) is 22.9. The third-order valence-electron chi connectivity index (χ3n) is 4.73. The lowest BCUT2D eigenvalue weighted by molar-refractivity contribution is 0.0533. The van der Waals surface area contributed by atoms with Gasteiger partial charge in [0.25, 0.3) is 5.91 Å². The first kappa shape index (κ1) is 22.9. The number of pyridine rings is 1. The second-order valence-corrected chi connectivity index (χ2v) is 10.9. The minimum absolute atomic E-state index is 0.0735. The normalized spacial score (nSPS) is 11.7. The molecule has 2 aromatic heterocycles. The van der Waals surface area contributed by atoms with Crippen LogP contribution in [-0.2, 0) is 14.6 Å². The van der Waals surface area contributed by atoms with Gasteiger partial charge in [-0.25, -0.2) is 18.2 Å². The van der Waals surface area contributed by atoms with Crippen molar-refractivity contribution in [3.05, 3.63) is 52.0 Å². The van der Waals surface area contributed by atoms with E-state index in [0.29, 0.717) is 15.9 Å². The lowest BCUT2D eigenvalue weighted by atomic mass is 10.1. The van der Waals surface area contributed by atoms with Gasteiger partial charge in [0, 0.05) is 16.6 Å². The lowest BCUT2D eigenvalue weighted by Gasteiger charge is -2.11. The maximum Gasteiger partial charge on any atom is 0.350 e. The molecule has 0 radical (unpaired) electrons. The average molecular weight is 461 g/mol. The van der Waals surface area contributed by atoms with Gasteiger partial charge in [0.15, 0.2) is 9.84 Å². The van der Waals surface area contributed by atoms with Crippen molar-refractivity contribution in [3.8, 4) is 0 Å². The molecule has 1 aromatic carbocycles. The van der Waals surface area contributed by atoms with Crippen LogP contribution in [0.15, 0.2) is 35.2 Å². The van der Waals surface area contributed by atoms with Crippen LogP contribution in [0.2, 0.25) is 0 Å². The summed E-state index contributed by atoms with van der Waals surface area (Å²) in [7, 11) is -3.53. The Morgan fingerprint density at radius 3 is 2.55 bits per heavy atom. The Balaban J connectivity index is 2.08. The highest BCUT2D eigenvalue weighted by Gasteiger charge is 2.25. The molecule has 0 fully saturated rings. The number of nitrogens with zero attached hydrogens (tertiary/aromatic N) is 1. The molecule has 0 unspecified atom stereocenters. The Labute approximate surface area is 185 Å². The molecule has 31 heavy (non-hydrogen) atoms. The monoisotopic (exact) mass is 460 g/mol. The molecule has 0 aliphatic carbocycles. The summed E-state index contributed by atoms with van der Waals surface area (Å²) in [6, 6.07) is 7.74. The first-order valence-electron chi connectivity index (χ1n) is 9.79. The molecule has 0 saturated carbocycles. The number of hydrogen-bond acceptors (Lipinski definition) is 7. The fourth-order valence-electron chi connectivity index (χ4n) is 3.17. The van der Waals surface area contributed by atoms with E-state index in [2.05, 4.69) is 10.3 Å². The number of carbonyl (C=O) groups is 2. The number of benzene rings is 1. The van der Waals surface area contributed by atoms with Crippen molar-refractivity contribution in [3.63, 3.8) is 0 Å². The van der Waals surface area contributed by atoms with Crippen LogP contribution in [0.1, 0.15) is 52.1 Å². The molecule has 3 aromatic rings. The molecule has 0 spiro atoms. The molecule has 3 rings (SSSR count). The van der Waals surface area contributed by atoms with Crippen LogP contribution >= 0.6 is 11.3 Å². The summed E-state index contributed by atoms with van der Waals surface area (Å²) in [6.45, 7) is 8.81. The molecule has 164 valence electrons. The smallest absolute Gasteiger partial charge is 0.350 e. The minimum atomic E-state index is -3.53. The van der Waals surface area contributed by atoms with Crippen molar-refractivity contribution in [2.45, 2.75) is 44.8 Å². The molecule has 0 atom stereocenters. The number of aryl methyl sites for hydroxylation is 2. The summed E-state index contributed by atoms with van der Waals surface area (Å²) in [5, 5.41) is 2.85. The first-order chi connectivity index (χ1) is 14.6. The highest BCUT2D eigenvalue weighted by molar-refractivity contribution is 7.92. The van der Waals surface area contributed by atoms with Crippen LogP contribution in [0.3, 0.4) is 0 Å². The van der Waals surface area contributed by atoms with Gasteiger partial charge in [-0.2, -0.15) is 0 Å². The summed E-state index contributed by atoms with van der Waals surface area (Å²) in [6.07, 6.45) is 0. The average Bonchev–Trinajstić information content (AvgIpc) is 3.06. The number of aromatic nitrogens is 1. The summed E-state index contributed by atoms with van der Waals surface area (Å²) < 4.78 is 30.1. The van der Waals surface area contributed by atoms with Gasteiger partial charge in [-0.15, -0.1) is 11.3 Å². The highest BCUT2D eigenvalue weighted by atomic mass is 32.2. The van der Waals surface area contributed by atoms with E-state index >= 15 is 0 Å². The molecule has 0 aliphatic heterocycles. The Hall–Kier alpha value is -2.78. The number of esters is 1. The minimum Gasteiger partial charge on any atom is -0.462 e. The summed E-state index contributed by atoms with van der Waals surface area (Å²) in [5.74, 6) is -1.07. The first-order valence-corrected chi connectivity index (χ1v) is 12.2. The van der Waals surface area contributed by atoms with Crippen LogP contribution in [0.25, 0.3) is 10.2 Å². The number of thiophene rings is 1. The van der Waals surface area contributed by atoms with Gasteiger partial charge in [-0.3, -0.25) is 4.79 Å². The molecular formula is C22H24N2O5S2. The van der Waals surface area contributed by atoms with Crippen LogP contribution in [0, 0.1) is 13.8 Å². The van der Waals surface area contributed by atoms with E-state index in [1.165, 1.54) is 24.3 Å². The standard InChI is InChI=1S/C22H24N2O5S2/c1-6-29-22(26)19-18(17-13(4)10-14(5)23-21(17)30-19)24-20(25)15-8-7-9-16(11-15)31(27,28)12(2)3/h7-12H,6H2,1-5H3,(H,24,25). The van der Waals surface area contributed by atoms with Crippen LogP contribution in [0.4, 0.5) is 5.69 Å². The third kappa shape index (κ3) is 4.47. The van der Waals surface area contributed by atoms with Gasteiger partial charge in [0.1, 0.15) is 9.71 Å². The summed E-state index contributed by atoms with van der Waals surface area (Å²) in [5.41, 5.74) is 2.16. The molecule has 9 heteroatoms. The fraction of sp³-hybridized carbons (Fsp3) is 0.318. The molecule has 1 N–H and O–H groups in total. The van der Waals surface area contributed by atoms with Crippen LogP contribution < -0.4 is 5.32 Å². The number of anilines is 1. The lowest BCUT2D eigenvalue weighted by Crippen LogP contribution is -2.17. The zero-order valence-electron chi connectivity index (χ0n) is 18.0. The Kier molecular flexibility index (Phi) is 6.47. The van der Waals surface area contributed by atoms with Gasteiger partial charge in [-0.05, 0) is 64.4 Å². The molecule has 7 nitrogen and oxygen atoms in total. The van der Waals surface area contributed by atoms with E-state index in [9.17, 15) is 18.0 Å². The van der Waals surface area contributed by atoms with Crippen molar-refractivity contribution < 1.29 is 22.7 Å². The van der Waals surface area contributed by atoms with Gasteiger partial charge in [0.2, 0.25) is 0 Å². The number of rotatable bonds is 6. The van der Waals surface area contributed by atoms with E-state index in [0.717, 1.165) is 22.6 Å². The van der Waals surface area contributed by atoms with Crippen LogP contribution in [0.5, 0.6) is 0 Å². The maximum absolute atomic E-state index is 13.0. The van der Waals surface area contributed by atoms with E-state index in [1.54, 1.807) is 20.8 Å². The van der Waals surface area contributed by atoms with E-state index in [4.69, 9.17) is 4.74 Å². The predicted octanol–water partition coefficient (Wildman–Crippen LogP) is 4.52. The number of nitrogens with one attached hydrogen (secondary N) is 1.